The van der Waals surface area contributed by atoms with Crippen LogP contribution in [0.4, 0.5) is 15.0 Å². The molecule has 2 bridgehead atoms. The van der Waals surface area contributed by atoms with Crippen molar-refractivity contribution in [1.29, 1.82) is 0 Å². The standard InChI is InChI=1S/C20H21BrClFIN3O2/c1-20(2,3)29-19(28)26-8-10-4-5-11(9-26)27(10)18-13-6-14(24)16(21)17(23)12(13)7-15(22)25-18/h6-7,10-11H,4-5,8-9H2,1-3H3. The summed E-state index contributed by atoms with van der Waals surface area (Å²) >= 11 is 11.7. The molecule has 9 heteroatoms. The zero-order chi connectivity index (χ0) is 21.1. The van der Waals surface area contributed by atoms with Crippen LogP contribution in [0.2, 0.25) is 5.15 Å². The number of amides is 1. The molecule has 4 rings (SSSR count). The molecule has 0 radical (unpaired) electrons. The summed E-state index contributed by atoms with van der Waals surface area (Å²) in [5.74, 6) is 0.352. The summed E-state index contributed by atoms with van der Waals surface area (Å²) in [7, 11) is 0. The quantitative estimate of drug-likeness (QED) is 0.231. The normalized spacial score (nSPS) is 21.8. The van der Waals surface area contributed by atoms with E-state index in [1.807, 2.05) is 26.8 Å². The van der Waals surface area contributed by atoms with Crippen molar-refractivity contribution >= 4 is 72.8 Å². The van der Waals surface area contributed by atoms with Gasteiger partial charge in [0.05, 0.1) is 4.47 Å². The van der Waals surface area contributed by atoms with Gasteiger partial charge in [0.25, 0.3) is 0 Å². The van der Waals surface area contributed by atoms with Crippen LogP contribution in [0.1, 0.15) is 33.6 Å². The fourth-order valence-corrected chi connectivity index (χ4v) is 5.23. The Kier molecular flexibility index (Phi) is 5.65. The molecule has 29 heavy (non-hydrogen) atoms. The number of nitrogens with zero attached hydrogens (tertiary/aromatic N) is 3. The molecule has 0 saturated carbocycles. The molecule has 5 nitrogen and oxygen atoms in total. The van der Waals surface area contributed by atoms with E-state index in [1.54, 1.807) is 11.0 Å². The average molecular weight is 597 g/mol. The second-order valence-corrected chi connectivity index (χ2v) is 10.9. The van der Waals surface area contributed by atoms with Crippen molar-refractivity contribution < 1.29 is 13.9 Å². The van der Waals surface area contributed by atoms with Gasteiger partial charge in [-0.3, -0.25) is 0 Å². The van der Waals surface area contributed by atoms with Crippen molar-refractivity contribution in [1.82, 2.24) is 9.88 Å². The average Bonchev–Trinajstić information content (AvgIpc) is 2.87. The van der Waals surface area contributed by atoms with E-state index >= 15 is 0 Å². The molecule has 3 heterocycles. The summed E-state index contributed by atoms with van der Waals surface area (Å²) in [5, 5.41) is 1.44. The van der Waals surface area contributed by atoms with Crippen molar-refractivity contribution in [2.45, 2.75) is 51.3 Å². The van der Waals surface area contributed by atoms with Crippen molar-refractivity contribution in [2.24, 2.45) is 0 Å². The first-order valence-corrected chi connectivity index (χ1v) is 11.7. The van der Waals surface area contributed by atoms with E-state index in [2.05, 4.69) is 48.4 Å². The maximum absolute atomic E-state index is 14.9. The highest BCUT2D eigenvalue weighted by Crippen LogP contribution is 2.41. The first-order chi connectivity index (χ1) is 13.5. The van der Waals surface area contributed by atoms with Gasteiger partial charge < -0.3 is 14.5 Å². The van der Waals surface area contributed by atoms with Gasteiger partial charge in [-0.2, -0.15) is 0 Å². The molecule has 156 valence electrons. The van der Waals surface area contributed by atoms with E-state index < -0.39 is 5.60 Å². The third-order valence-electron chi connectivity index (χ3n) is 5.30. The molecule has 2 fully saturated rings. The van der Waals surface area contributed by atoms with E-state index in [0.717, 1.165) is 21.8 Å². The third-order valence-corrected chi connectivity index (χ3v) is 7.86. The van der Waals surface area contributed by atoms with Gasteiger partial charge in [0, 0.05) is 39.5 Å². The number of carbonyl (C=O) groups excluding carboxylic acids is 1. The predicted octanol–water partition coefficient (Wildman–Crippen LogP) is 5.98. The lowest BCUT2D eigenvalue weighted by atomic mass is 10.1. The van der Waals surface area contributed by atoms with Crippen LogP contribution in [0, 0.1) is 9.39 Å². The molecular formula is C20H21BrClFIN3O2. The largest absolute Gasteiger partial charge is 0.444 e. The van der Waals surface area contributed by atoms with Crippen LogP contribution in [0.15, 0.2) is 16.6 Å². The number of aromatic nitrogens is 1. The number of hydrogen-bond acceptors (Lipinski definition) is 4. The molecule has 0 N–H and O–H groups in total. The fraction of sp³-hybridized carbons (Fsp3) is 0.500. The minimum absolute atomic E-state index is 0.0970. The van der Waals surface area contributed by atoms with Crippen LogP contribution in [0.25, 0.3) is 10.8 Å². The molecule has 1 aromatic carbocycles. The molecule has 2 atom stereocenters. The molecule has 2 saturated heterocycles. The van der Waals surface area contributed by atoms with Crippen molar-refractivity contribution in [3.8, 4) is 0 Å². The molecular weight excluding hydrogens is 575 g/mol. The molecule has 1 amide bonds. The first-order valence-electron chi connectivity index (χ1n) is 9.45. The molecule has 0 aliphatic carbocycles. The SMILES string of the molecule is CC(C)(C)OC(=O)N1CC2CCC(C1)N2c1nc(Cl)cc2c(F)c(Br)c(I)cc12. The van der Waals surface area contributed by atoms with E-state index in [9.17, 15) is 9.18 Å². The number of anilines is 1. The lowest BCUT2D eigenvalue weighted by Gasteiger charge is -2.42. The molecule has 2 aliphatic rings. The van der Waals surface area contributed by atoms with E-state index in [1.165, 1.54) is 0 Å². The fourth-order valence-electron chi connectivity index (χ4n) is 4.17. The Labute approximate surface area is 196 Å². The van der Waals surface area contributed by atoms with Crippen LogP contribution in [0.5, 0.6) is 0 Å². The lowest BCUT2D eigenvalue weighted by Crippen LogP contribution is -2.56. The monoisotopic (exact) mass is 595 g/mol. The van der Waals surface area contributed by atoms with Crippen LogP contribution >= 0.6 is 50.1 Å². The summed E-state index contributed by atoms with van der Waals surface area (Å²) in [6.07, 6.45) is 1.59. The van der Waals surface area contributed by atoms with Gasteiger partial charge in [-0.05, 0) is 84.3 Å². The van der Waals surface area contributed by atoms with Gasteiger partial charge in [0.2, 0.25) is 0 Å². The molecule has 0 spiro atoms. The highest BCUT2D eigenvalue weighted by atomic mass is 127. The smallest absolute Gasteiger partial charge is 0.410 e. The number of piperazine rings is 1. The Morgan fingerprint density at radius 3 is 2.48 bits per heavy atom. The molecule has 1 aromatic heterocycles. The number of benzene rings is 1. The Balaban J connectivity index is 1.71. The van der Waals surface area contributed by atoms with Crippen molar-refractivity contribution in [3.63, 3.8) is 0 Å². The number of halogens is 4. The van der Waals surface area contributed by atoms with Gasteiger partial charge in [-0.15, -0.1) is 0 Å². The summed E-state index contributed by atoms with van der Waals surface area (Å²) in [6.45, 7) is 6.71. The van der Waals surface area contributed by atoms with Gasteiger partial charge in [0.15, 0.2) is 0 Å². The number of hydrogen-bond donors (Lipinski definition) is 0. The lowest BCUT2D eigenvalue weighted by molar-refractivity contribution is 0.0209. The Bertz CT molecular complexity index is 986. The number of ether oxygens (including phenoxy) is 1. The second kappa shape index (κ2) is 7.67. The van der Waals surface area contributed by atoms with E-state index in [-0.39, 0.29) is 29.1 Å². The van der Waals surface area contributed by atoms with Crippen molar-refractivity contribution in [2.75, 3.05) is 18.0 Å². The zero-order valence-electron chi connectivity index (χ0n) is 16.3. The molecule has 2 unspecified atom stereocenters. The Morgan fingerprint density at radius 1 is 1.28 bits per heavy atom. The number of rotatable bonds is 1. The van der Waals surface area contributed by atoms with Gasteiger partial charge in [-0.25, -0.2) is 14.2 Å². The van der Waals surface area contributed by atoms with Crippen LogP contribution < -0.4 is 4.90 Å². The topological polar surface area (TPSA) is 45.7 Å². The number of fused-ring (bicyclic) bond motifs is 3. The van der Waals surface area contributed by atoms with Crippen LogP contribution in [0.3, 0.4) is 0 Å². The minimum Gasteiger partial charge on any atom is -0.444 e. The molecule has 2 aromatic rings. The molecule has 2 aliphatic heterocycles. The highest BCUT2D eigenvalue weighted by molar-refractivity contribution is 14.1. The Morgan fingerprint density at radius 2 is 1.90 bits per heavy atom. The zero-order valence-corrected chi connectivity index (χ0v) is 20.8. The summed E-state index contributed by atoms with van der Waals surface area (Å²) in [4.78, 5) is 21.1. The van der Waals surface area contributed by atoms with E-state index in [4.69, 9.17) is 16.3 Å². The summed E-state index contributed by atoms with van der Waals surface area (Å²) < 4.78 is 21.7. The summed E-state index contributed by atoms with van der Waals surface area (Å²) in [6, 6.07) is 3.69. The number of likely N-dealkylation sites (tertiary alicyclic amines) is 1. The Hall–Kier alpha value is -0.870. The predicted molar refractivity (Wildman–Crippen MR) is 124 cm³/mol. The van der Waals surface area contributed by atoms with Crippen LogP contribution in [-0.2, 0) is 4.74 Å². The maximum Gasteiger partial charge on any atom is 0.410 e. The number of pyridine rings is 1. The summed E-state index contributed by atoms with van der Waals surface area (Å²) in [5.41, 5.74) is -0.528. The highest BCUT2D eigenvalue weighted by Gasteiger charge is 2.43. The second-order valence-electron chi connectivity index (χ2n) is 8.53. The third kappa shape index (κ3) is 4.04. The van der Waals surface area contributed by atoms with Crippen molar-refractivity contribution in [3.05, 3.63) is 31.1 Å². The van der Waals surface area contributed by atoms with Gasteiger partial charge in [-0.1, -0.05) is 11.6 Å². The first kappa shape index (κ1) is 21.4. The van der Waals surface area contributed by atoms with Crippen LogP contribution in [-0.4, -0.2) is 46.8 Å². The maximum atomic E-state index is 14.9. The van der Waals surface area contributed by atoms with E-state index in [0.29, 0.717) is 28.8 Å². The minimum atomic E-state index is -0.528. The number of carbonyl (C=O) groups is 1. The van der Waals surface area contributed by atoms with Gasteiger partial charge in [0.1, 0.15) is 22.4 Å². The van der Waals surface area contributed by atoms with Gasteiger partial charge >= 0.3 is 6.09 Å².